The molecule has 0 unspecified atom stereocenters. The fraction of sp³-hybridized carbons (Fsp3) is 0.250. The summed E-state index contributed by atoms with van der Waals surface area (Å²) in [7, 11) is 0. The Balaban J connectivity index is 1.47. The van der Waals surface area contributed by atoms with Crippen LogP contribution in [0.25, 0.3) is 0 Å². The number of ether oxygens (including phenoxy) is 1. The molecule has 0 bridgehead atoms. The van der Waals surface area contributed by atoms with E-state index in [1.54, 1.807) is 12.4 Å². The topological polar surface area (TPSA) is 101 Å². The number of rotatable bonds is 4. The molecule has 9 heteroatoms. The third-order valence-corrected chi connectivity index (χ3v) is 5.33. The van der Waals surface area contributed by atoms with Crippen LogP contribution < -0.4 is 10.6 Å². The number of H-pyrrole nitrogens is 1. The molecule has 3 aromatic rings. The molecule has 1 saturated heterocycles. The molecule has 8 nitrogen and oxygen atoms in total. The highest BCUT2D eigenvalue weighted by atomic mass is 32.1. The van der Waals surface area contributed by atoms with Crippen LogP contribution in [0.5, 0.6) is 0 Å². The summed E-state index contributed by atoms with van der Waals surface area (Å²) in [5, 5.41) is 15.4. The number of hydrogen-bond acceptors (Lipinski definition) is 4. The van der Waals surface area contributed by atoms with Crippen LogP contribution in [0.2, 0.25) is 0 Å². The molecule has 0 radical (unpaired) electrons. The Bertz CT molecular complexity index is 1100. The van der Waals surface area contributed by atoms with Gasteiger partial charge in [0.1, 0.15) is 0 Å². The zero-order valence-electron chi connectivity index (χ0n) is 18.6. The van der Waals surface area contributed by atoms with Crippen LogP contribution in [0.4, 0.5) is 11.4 Å². The summed E-state index contributed by atoms with van der Waals surface area (Å²) in [6.07, 6.45) is 5.46. The standard InChI is InChI=1S/C24H27N7OS/c1-16-14-31(15-17(2)32-16)23(21-4-3-11-27-21)30-22(25)18-5-7-19(8-6-18)28-24(33)29-20-9-12-26-13-10-20/h3-13,16-17,25,27H,14-15H2,1-2H3,(H2,26,28,29,33)/b25-22?,30-23+/t16-,17+. The second-order valence-electron chi connectivity index (χ2n) is 7.92. The Hall–Kier alpha value is -3.56. The normalized spacial score (nSPS) is 18.6. The molecule has 0 aliphatic carbocycles. The van der Waals surface area contributed by atoms with Crippen molar-refractivity contribution < 1.29 is 4.74 Å². The molecular formula is C24H27N7OS. The molecule has 0 saturated carbocycles. The van der Waals surface area contributed by atoms with E-state index < -0.39 is 0 Å². The van der Waals surface area contributed by atoms with Crippen molar-refractivity contribution in [3.05, 3.63) is 78.4 Å². The van der Waals surface area contributed by atoms with E-state index in [1.807, 2.05) is 54.7 Å². The van der Waals surface area contributed by atoms with Crippen LogP contribution in [-0.2, 0) is 4.74 Å². The fourth-order valence-corrected chi connectivity index (χ4v) is 3.97. The van der Waals surface area contributed by atoms with E-state index in [0.717, 1.165) is 36.0 Å². The van der Waals surface area contributed by atoms with Crippen LogP contribution in [0.1, 0.15) is 25.1 Å². The SMILES string of the molecule is C[C@@H]1CN(/C(=N/C(=N)c2ccc(NC(=S)Nc3ccncc3)cc2)c2ccc[nH]2)C[C@H](C)O1. The van der Waals surface area contributed by atoms with Gasteiger partial charge in [-0.15, -0.1) is 0 Å². The first-order valence-electron chi connectivity index (χ1n) is 10.8. The van der Waals surface area contributed by atoms with Gasteiger partial charge < -0.3 is 25.3 Å². The second kappa shape index (κ2) is 10.4. The van der Waals surface area contributed by atoms with Crippen LogP contribution in [0.15, 0.2) is 72.1 Å². The Morgan fingerprint density at radius 2 is 1.70 bits per heavy atom. The predicted octanol–water partition coefficient (Wildman–Crippen LogP) is 4.10. The zero-order chi connectivity index (χ0) is 23.2. The van der Waals surface area contributed by atoms with Crippen molar-refractivity contribution in [1.82, 2.24) is 14.9 Å². The largest absolute Gasteiger partial charge is 0.372 e. The van der Waals surface area contributed by atoms with Gasteiger partial charge >= 0.3 is 0 Å². The molecule has 0 spiro atoms. The maximum Gasteiger partial charge on any atom is 0.175 e. The number of thiocarbonyl (C=S) groups is 1. The first-order chi connectivity index (χ1) is 16.0. The molecule has 1 aromatic carbocycles. The van der Waals surface area contributed by atoms with Crippen molar-refractivity contribution in [3.8, 4) is 0 Å². The Kier molecular flexibility index (Phi) is 7.11. The molecule has 33 heavy (non-hydrogen) atoms. The lowest BCUT2D eigenvalue weighted by molar-refractivity contribution is -0.0478. The summed E-state index contributed by atoms with van der Waals surface area (Å²) in [4.78, 5) is 14.1. The lowest BCUT2D eigenvalue weighted by Crippen LogP contribution is -2.48. The van der Waals surface area contributed by atoms with E-state index in [0.29, 0.717) is 10.7 Å². The summed E-state index contributed by atoms with van der Waals surface area (Å²) < 4.78 is 5.87. The maximum atomic E-state index is 8.62. The van der Waals surface area contributed by atoms with Crippen LogP contribution in [0.3, 0.4) is 0 Å². The van der Waals surface area contributed by atoms with E-state index in [1.165, 1.54) is 0 Å². The van der Waals surface area contributed by atoms with Crippen molar-refractivity contribution in [3.63, 3.8) is 0 Å². The predicted molar refractivity (Wildman–Crippen MR) is 136 cm³/mol. The van der Waals surface area contributed by atoms with Crippen LogP contribution in [-0.4, -0.2) is 56.9 Å². The first kappa shape index (κ1) is 22.6. The molecule has 1 fully saturated rings. The minimum absolute atomic E-state index is 0.0954. The van der Waals surface area contributed by atoms with Gasteiger partial charge in [0, 0.05) is 48.6 Å². The average molecular weight is 462 g/mol. The summed E-state index contributed by atoms with van der Waals surface area (Å²) in [6, 6.07) is 15.1. The van der Waals surface area contributed by atoms with Gasteiger partial charge in [-0.25, -0.2) is 4.99 Å². The third-order valence-electron chi connectivity index (χ3n) is 5.13. The van der Waals surface area contributed by atoms with Crippen LogP contribution in [0, 0.1) is 5.41 Å². The molecular weight excluding hydrogens is 434 g/mol. The second-order valence-corrected chi connectivity index (χ2v) is 8.33. The van der Waals surface area contributed by atoms with Gasteiger partial charge in [0.05, 0.1) is 17.9 Å². The molecule has 2 atom stereocenters. The number of anilines is 2. The quantitative estimate of drug-likeness (QED) is 0.265. The molecule has 4 N–H and O–H groups in total. The van der Waals surface area contributed by atoms with Crippen molar-refractivity contribution in [2.75, 3.05) is 23.7 Å². The van der Waals surface area contributed by atoms with E-state index >= 15 is 0 Å². The van der Waals surface area contributed by atoms with E-state index in [4.69, 9.17) is 27.4 Å². The number of benzene rings is 1. The van der Waals surface area contributed by atoms with Crippen molar-refractivity contribution in [2.24, 2.45) is 4.99 Å². The van der Waals surface area contributed by atoms with Gasteiger partial charge in [0.15, 0.2) is 16.8 Å². The number of morpholine rings is 1. The lowest BCUT2D eigenvalue weighted by Gasteiger charge is -2.37. The minimum atomic E-state index is 0.0954. The zero-order valence-corrected chi connectivity index (χ0v) is 19.4. The first-order valence-corrected chi connectivity index (χ1v) is 11.2. The molecule has 4 rings (SSSR count). The maximum absolute atomic E-state index is 8.62. The van der Waals surface area contributed by atoms with Gasteiger partial charge in [-0.05, 0) is 74.6 Å². The van der Waals surface area contributed by atoms with Crippen molar-refractivity contribution in [1.29, 1.82) is 5.41 Å². The van der Waals surface area contributed by atoms with E-state index in [9.17, 15) is 0 Å². The highest BCUT2D eigenvalue weighted by Gasteiger charge is 2.26. The summed E-state index contributed by atoms with van der Waals surface area (Å²) in [5.74, 6) is 0.937. The summed E-state index contributed by atoms with van der Waals surface area (Å²) in [5.41, 5.74) is 3.28. The monoisotopic (exact) mass is 461 g/mol. The van der Waals surface area contributed by atoms with Crippen molar-refractivity contribution in [2.45, 2.75) is 26.1 Å². The van der Waals surface area contributed by atoms with Gasteiger partial charge in [0.25, 0.3) is 0 Å². The number of hydrogen-bond donors (Lipinski definition) is 4. The van der Waals surface area contributed by atoms with E-state index in [2.05, 4.69) is 39.3 Å². The summed E-state index contributed by atoms with van der Waals surface area (Å²) >= 11 is 5.37. The van der Waals surface area contributed by atoms with Gasteiger partial charge in [-0.3, -0.25) is 10.4 Å². The Labute approximate surface area is 198 Å². The number of aromatic amines is 1. The molecule has 2 aromatic heterocycles. The molecule has 1 aliphatic rings. The fourth-order valence-electron chi connectivity index (χ4n) is 3.73. The highest BCUT2D eigenvalue weighted by Crippen LogP contribution is 2.17. The smallest absolute Gasteiger partial charge is 0.175 e. The average Bonchev–Trinajstić information content (AvgIpc) is 3.32. The third kappa shape index (κ3) is 6.03. The molecule has 1 aliphatic heterocycles. The number of pyridine rings is 1. The molecule has 170 valence electrons. The summed E-state index contributed by atoms with van der Waals surface area (Å²) in [6.45, 7) is 5.56. The molecule has 3 heterocycles. The number of aromatic nitrogens is 2. The van der Waals surface area contributed by atoms with Gasteiger partial charge in [0.2, 0.25) is 0 Å². The lowest BCUT2D eigenvalue weighted by atomic mass is 10.2. The van der Waals surface area contributed by atoms with Gasteiger partial charge in [-0.2, -0.15) is 0 Å². The van der Waals surface area contributed by atoms with E-state index in [-0.39, 0.29) is 18.0 Å². The van der Waals surface area contributed by atoms with Gasteiger partial charge in [-0.1, -0.05) is 0 Å². The number of nitrogens with one attached hydrogen (secondary N) is 4. The highest BCUT2D eigenvalue weighted by molar-refractivity contribution is 7.80. The number of amidine groups is 2. The number of aliphatic imine (C=N–C) groups is 1. The molecule has 0 amide bonds. The Morgan fingerprint density at radius 1 is 1.06 bits per heavy atom. The Morgan fingerprint density at radius 3 is 2.30 bits per heavy atom. The van der Waals surface area contributed by atoms with Crippen LogP contribution >= 0.6 is 12.2 Å². The minimum Gasteiger partial charge on any atom is -0.372 e. The van der Waals surface area contributed by atoms with Crippen molar-refractivity contribution >= 4 is 40.4 Å². The number of nitrogens with zero attached hydrogens (tertiary/aromatic N) is 3.